The van der Waals surface area contributed by atoms with Crippen molar-refractivity contribution in [3.05, 3.63) is 0 Å². The molecule has 0 heterocycles. The number of phosphoric acid groups is 2. The number of hydrogen-bond acceptors (Lipinski definition) is 15. The van der Waals surface area contributed by atoms with Crippen molar-refractivity contribution < 1.29 is 80.2 Å². The number of aliphatic hydroxyl groups excluding tert-OH is 1. The molecule has 0 saturated heterocycles. The number of aliphatic hydroxyl groups is 1. The van der Waals surface area contributed by atoms with Gasteiger partial charge in [0.1, 0.15) is 19.3 Å². The first kappa shape index (κ1) is 95.1. The molecular formula is C78H152O17P2. The van der Waals surface area contributed by atoms with E-state index >= 15 is 0 Å². The van der Waals surface area contributed by atoms with Crippen molar-refractivity contribution in [3.63, 3.8) is 0 Å². The Morgan fingerprint density at radius 2 is 0.474 bits per heavy atom. The van der Waals surface area contributed by atoms with Crippen molar-refractivity contribution in [1.29, 1.82) is 0 Å². The van der Waals surface area contributed by atoms with Crippen molar-refractivity contribution in [3.8, 4) is 0 Å². The molecule has 576 valence electrons. The van der Waals surface area contributed by atoms with Gasteiger partial charge in [-0.2, -0.15) is 0 Å². The molecule has 0 radical (unpaired) electrons. The zero-order valence-electron chi connectivity index (χ0n) is 63.5. The molecule has 0 spiro atoms. The van der Waals surface area contributed by atoms with E-state index in [1.54, 1.807) is 0 Å². The molecule has 0 bridgehead atoms. The van der Waals surface area contributed by atoms with Crippen molar-refractivity contribution in [2.24, 2.45) is 17.8 Å². The quantitative estimate of drug-likeness (QED) is 0.0222. The third-order valence-corrected chi connectivity index (χ3v) is 20.0. The molecule has 3 N–H and O–H groups in total. The minimum Gasteiger partial charge on any atom is -0.462 e. The average Bonchev–Trinajstić information content (AvgIpc) is 1.39. The Morgan fingerprint density at radius 3 is 0.701 bits per heavy atom. The summed E-state index contributed by atoms with van der Waals surface area (Å²) in [5.41, 5.74) is 0. The maximum Gasteiger partial charge on any atom is 0.472 e. The second-order valence-corrected chi connectivity index (χ2v) is 32.4. The van der Waals surface area contributed by atoms with Crippen LogP contribution in [0.5, 0.6) is 0 Å². The monoisotopic (exact) mass is 1420 g/mol. The van der Waals surface area contributed by atoms with Gasteiger partial charge in [0.2, 0.25) is 0 Å². The second-order valence-electron chi connectivity index (χ2n) is 29.5. The van der Waals surface area contributed by atoms with Crippen molar-refractivity contribution in [2.75, 3.05) is 39.6 Å². The summed E-state index contributed by atoms with van der Waals surface area (Å²) in [6.07, 6.45) is 55.6. The predicted octanol–water partition coefficient (Wildman–Crippen LogP) is 23.0. The van der Waals surface area contributed by atoms with Gasteiger partial charge in [-0.05, 0) is 43.4 Å². The fraction of sp³-hybridized carbons (Fsp3) is 0.949. The molecule has 0 aromatic rings. The highest BCUT2D eigenvalue weighted by Gasteiger charge is 2.30. The van der Waals surface area contributed by atoms with Gasteiger partial charge in [-0.15, -0.1) is 0 Å². The molecule has 17 nitrogen and oxygen atoms in total. The fourth-order valence-electron chi connectivity index (χ4n) is 12.0. The lowest BCUT2D eigenvalue weighted by Gasteiger charge is -2.21. The summed E-state index contributed by atoms with van der Waals surface area (Å²) >= 11 is 0. The van der Waals surface area contributed by atoms with Crippen LogP contribution >= 0.6 is 15.6 Å². The topological polar surface area (TPSA) is 237 Å². The molecule has 0 aliphatic rings. The van der Waals surface area contributed by atoms with Crippen molar-refractivity contribution in [1.82, 2.24) is 0 Å². The Balaban J connectivity index is 5.23. The van der Waals surface area contributed by atoms with Gasteiger partial charge in [0.25, 0.3) is 0 Å². The molecule has 0 aromatic heterocycles. The van der Waals surface area contributed by atoms with Gasteiger partial charge < -0.3 is 33.8 Å². The molecule has 0 saturated carbocycles. The summed E-state index contributed by atoms with van der Waals surface area (Å²) < 4.78 is 68.6. The van der Waals surface area contributed by atoms with Gasteiger partial charge in [0.05, 0.1) is 26.4 Å². The summed E-state index contributed by atoms with van der Waals surface area (Å²) in [4.78, 5) is 72.9. The van der Waals surface area contributed by atoms with Crippen LogP contribution in [0.1, 0.15) is 402 Å². The normalized spacial score (nSPS) is 14.0. The zero-order valence-corrected chi connectivity index (χ0v) is 65.3. The van der Waals surface area contributed by atoms with Crippen LogP contribution < -0.4 is 0 Å². The minimum absolute atomic E-state index is 0.105. The lowest BCUT2D eigenvalue weighted by molar-refractivity contribution is -0.161. The summed E-state index contributed by atoms with van der Waals surface area (Å²) in [6.45, 7) is 11.9. The van der Waals surface area contributed by atoms with Crippen LogP contribution in [0, 0.1) is 17.8 Å². The van der Waals surface area contributed by atoms with Crippen LogP contribution in [0.15, 0.2) is 0 Å². The molecule has 0 aliphatic heterocycles. The van der Waals surface area contributed by atoms with Gasteiger partial charge in [-0.1, -0.05) is 350 Å². The number of unbranched alkanes of at least 4 members (excludes halogenated alkanes) is 44. The number of ether oxygens (including phenoxy) is 4. The van der Waals surface area contributed by atoms with E-state index in [1.807, 2.05) is 0 Å². The van der Waals surface area contributed by atoms with Gasteiger partial charge in [-0.3, -0.25) is 37.3 Å². The van der Waals surface area contributed by atoms with Crippen LogP contribution in [0.3, 0.4) is 0 Å². The van der Waals surface area contributed by atoms with Crippen LogP contribution in [0.4, 0.5) is 0 Å². The standard InChI is InChI=1S/C78H152O17P2/c1-8-9-10-11-12-13-14-15-16-19-22-27-32-37-45-52-59-75(80)88-65-73(94-77(82)61-54-47-38-33-28-23-20-17-18-21-25-30-35-42-49-56-69(2)3)67-92-96(84,85)90-63-72(79)64-91-97(86,87)93-68-74(66-89-76(81)60-53-46-41-40-44-51-58-71(6)7)95-78(83)62-55-48-39-34-29-24-26-31-36-43-50-57-70(4)5/h69-74,79H,8-68H2,1-7H3,(H,84,85)(H,86,87)/t72-,73-,74-/m1/s1. The summed E-state index contributed by atoms with van der Waals surface area (Å²) in [7, 11) is -9.91. The fourth-order valence-corrected chi connectivity index (χ4v) is 13.5. The van der Waals surface area contributed by atoms with Gasteiger partial charge in [0.15, 0.2) is 12.2 Å². The third-order valence-electron chi connectivity index (χ3n) is 18.1. The van der Waals surface area contributed by atoms with E-state index in [2.05, 4.69) is 48.5 Å². The first-order chi connectivity index (χ1) is 46.7. The SMILES string of the molecule is CCCCCCCCCCCCCCCCCCC(=O)OC[C@H](COP(=O)(O)OC[C@@H](O)COP(=O)(O)OC[C@@H](COC(=O)CCCCCCCCC(C)C)OC(=O)CCCCCCCCCCCCCC(C)C)OC(=O)CCCCCCCCCCCCCCCCCC(C)C. The van der Waals surface area contributed by atoms with Crippen molar-refractivity contribution >= 4 is 39.5 Å². The summed E-state index contributed by atoms with van der Waals surface area (Å²) in [6, 6.07) is 0. The van der Waals surface area contributed by atoms with E-state index in [1.165, 1.54) is 205 Å². The maximum atomic E-state index is 13.1. The van der Waals surface area contributed by atoms with Gasteiger partial charge in [-0.25, -0.2) is 9.13 Å². The molecule has 5 atom stereocenters. The second kappa shape index (κ2) is 68.5. The van der Waals surface area contributed by atoms with E-state index in [0.29, 0.717) is 31.6 Å². The van der Waals surface area contributed by atoms with Crippen LogP contribution in [0.2, 0.25) is 0 Å². The molecule has 2 unspecified atom stereocenters. The summed E-state index contributed by atoms with van der Waals surface area (Å²) in [5.74, 6) is 0.131. The average molecular weight is 1420 g/mol. The lowest BCUT2D eigenvalue weighted by Crippen LogP contribution is -2.30. The smallest absolute Gasteiger partial charge is 0.462 e. The minimum atomic E-state index is -4.96. The maximum absolute atomic E-state index is 13.1. The van der Waals surface area contributed by atoms with E-state index in [-0.39, 0.29) is 25.7 Å². The molecule has 97 heavy (non-hydrogen) atoms. The van der Waals surface area contributed by atoms with Gasteiger partial charge in [0, 0.05) is 25.7 Å². The van der Waals surface area contributed by atoms with Gasteiger partial charge >= 0.3 is 39.5 Å². The Bertz CT molecular complexity index is 1890. The third kappa shape index (κ3) is 72.2. The van der Waals surface area contributed by atoms with Crippen LogP contribution in [-0.2, 0) is 65.4 Å². The van der Waals surface area contributed by atoms with Crippen LogP contribution in [0.25, 0.3) is 0 Å². The number of carbonyl (C=O) groups is 4. The zero-order chi connectivity index (χ0) is 71.6. The predicted molar refractivity (Wildman–Crippen MR) is 395 cm³/mol. The highest BCUT2D eigenvalue weighted by Crippen LogP contribution is 2.45. The first-order valence-electron chi connectivity index (χ1n) is 40.3. The Morgan fingerprint density at radius 1 is 0.278 bits per heavy atom. The Labute approximate surface area is 594 Å². The van der Waals surface area contributed by atoms with Crippen LogP contribution in [-0.4, -0.2) is 96.7 Å². The highest BCUT2D eigenvalue weighted by atomic mass is 31.2. The number of rotatable bonds is 76. The number of phosphoric ester groups is 2. The molecular weight excluding hydrogens is 1270 g/mol. The van der Waals surface area contributed by atoms with E-state index < -0.39 is 97.5 Å². The van der Waals surface area contributed by atoms with E-state index in [9.17, 15) is 43.2 Å². The van der Waals surface area contributed by atoms with E-state index in [4.69, 9.17) is 37.0 Å². The number of carbonyl (C=O) groups excluding carboxylic acids is 4. The largest absolute Gasteiger partial charge is 0.472 e. The number of hydrogen-bond donors (Lipinski definition) is 3. The van der Waals surface area contributed by atoms with E-state index in [0.717, 1.165) is 108 Å². The molecule has 0 fully saturated rings. The van der Waals surface area contributed by atoms with Crippen molar-refractivity contribution in [2.45, 2.75) is 420 Å². The lowest BCUT2D eigenvalue weighted by atomic mass is 10.0. The Hall–Kier alpha value is -1.94. The molecule has 0 aromatic carbocycles. The highest BCUT2D eigenvalue weighted by molar-refractivity contribution is 7.47. The molecule has 0 amide bonds. The molecule has 0 aliphatic carbocycles. The Kier molecular flexibility index (Phi) is 67.1. The summed E-state index contributed by atoms with van der Waals surface area (Å²) in [5, 5.41) is 10.6. The molecule has 19 heteroatoms. The number of esters is 4. The molecule has 0 rings (SSSR count). The first-order valence-corrected chi connectivity index (χ1v) is 43.3.